The fraction of sp³-hybridized carbons (Fsp3) is 0.526. The molecule has 4 atom stereocenters. The molecular formula is C19H26O7. The first kappa shape index (κ1) is 20.2. The van der Waals surface area contributed by atoms with E-state index in [-0.39, 0.29) is 17.7 Å². The maximum absolute atomic E-state index is 12.5. The molecule has 0 amide bonds. The number of fused-ring (bicyclic) bond motifs is 1. The van der Waals surface area contributed by atoms with E-state index in [1.54, 1.807) is 19.1 Å². The van der Waals surface area contributed by atoms with E-state index in [2.05, 4.69) is 0 Å². The van der Waals surface area contributed by atoms with Gasteiger partial charge in [-0.05, 0) is 37.8 Å². The van der Waals surface area contributed by atoms with Crippen LogP contribution in [0.25, 0.3) is 0 Å². The van der Waals surface area contributed by atoms with Gasteiger partial charge in [0.2, 0.25) is 0 Å². The summed E-state index contributed by atoms with van der Waals surface area (Å²) in [5.74, 6) is -0.461. The number of cyclic esters (lactones) is 1. The molecule has 0 aliphatic carbocycles. The molecule has 1 aromatic carbocycles. The third-order valence-electron chi connectivity index (χ3n) is 4.41. The Hall–Kier alpha value is -2.09. The number of esters is 1. The van der Waals surface area contributed by atoms with Gasteiger partial charge in [0.15, 0.2) is 0 Å². The van der Waals surface area contributed by atoms with Gasteiger partial charge in [0, 0.05) is 12.5 Å². The van der Waals surface area contributed by atoms with Gasteiger partial charge in [-0.15, -0.1) is 0 Å². The van der Waals surface area contributed by atoms with Crippen LogP contribution < -0.4 is 4.74 Å². The number of hydrogen-bond acceptors (Lipinski definition) is 7. The van der Waals surface area contributed by atoms with Crippen LogP contribution in [0.3, 0.4) is 0 Å². The average Bonchev–Trinajstić information content (AvgIpc) is 2.59. The van der Waals surface area contributed by atoms with E-state index in [0.29, 0.717) is 30.6 Å². The van der Waals surface area contributed by atoms with Gasteiger partial charge in [0.05, 0.1) is 13.2 Å². The zero-order chi connectivity index (χ0) is 19.3. The largest absolute Gasteiger partial charge is 0.507 e. The molecule has 0 fully saturated rings. The van der Waals surface area contributed by atoms with Crippen LogP contribution in [0.5, 0.6) is 11.5 Å². The number of aromatic hydroxyl groups is 1. The Morgan fingerprint density at radius 3 is 2.65 bits per heavy atom. The number of carbonyl (C=O) groups is 1. The van der Waals surface area contributed by atoms with Gasteiger partial charge >= 0.3 is 5.97 Å². The minimum Gasteiger partial charge on any atom is -0.507 e. The van der Waals surface area contributed by atoms with Gasteiger partial charge in [0.25, 0.3) is 0 Å². The number of phenolic OH excluding ortho intramolecular Hbond substituents is 1. The molecule has 0 bridgehead atoms. The predicted octanol–water partition coefficient (Wildman–Crippen LogP) is 1.31. The third kappa shape index (κ3) is 4.97. The van der Waals surface area contributed by atoms with E-state index >= 15 is 0 Å². The molecule has 1 aromatic rings. The Labute approximate surface area is 152 Å². The monoisotopic (exact) mass is 366 g/mol. The maximum atomic E-state index is 12.5. The number of rotatable bonds is 1. The lowest BCUT2D eigenvalue weighted by molar-refractivity contribution is -0.0447. The summed E-state index contributed by atoms with van der Waals surface area (Å²) in [5.41, 5.74) is 0.614. The number of aliphatic hydroxyl groups excluding tert-OH is 3. The second kappa shape index (κ2) is 9.02. The highest BCUT2D eigenvalue weighted by Crippen LogP contribution is 2.30. The highest BCUT2D eigenvalue weighted by molar-refractivity contribution is 5.94. The molecule has 0 radical (unpaired) electrons. The lowest BCUT2D eigenvalue weighted by Gasteiger charge is -2.22. The summed E-state index contributed by atoms with van der Waals surface area (Å²) in [7, 11) is 1.46. The van der Waals surface area contributed by atoms with Crippen LogP contribution in [0.15, 0.2) is 24.3 Å². The van der Waals surface area contributed by atoms with Gasteiger partial charge < -0.3 is 29.9 Å². The molecule has 0 spiro atoms. The molecule has 7 nitrogen and oxygen atoms in total. The van der Waals surface area contributed by atoms with Crippen molar-refractivity contribution in [2.45, 2.75) is 57.0 Å². The van der Waals surface area contributed by atoms with Gasteiger partial charge in [-0.1, -0.05) is 12.2 Å². The molecule has 1 heterocycles. The molecule has 0 saturated heterocycles. The Morgan fingerprint density at radius 1 is 1.23 bits per heavy atom. The molecule has 4 N–H and O–H groups in total. The zero-order valence-electron chi connectivity index (χ0n) is 15.0. The number of carbonyl (C=O) groups excluding carboxylic acids is 1. The van der Waals surface area contributed by atoms with Crippen molar-refractivity contribution in [2.75, 3.05) is 7.11 Å². The molecule has 2 rings (SSSR count). The van der Waals surface area contributed by atoms with Crippen molar-refractivity contribution in [3.8, 4) is 11.5 Å². The van der Waals surface area contributed by atoms with Crippen LogP contribution >= 0.6 is 0 Å². The topological polar surface area (TPSA) is 116 Å². The van der Waals surface area contributed by atoms with E-state index < -0.39 is 30.4 Å². The number of methoxy groups -OCH3 is 1. The number of ether oxygens (including phenoxy) is 2. The van der Waals surface area contributed by atoms with E-state index in [0.717, 1.165) is 0 Å². The molecule has 2 unspecified atom stereocenters. The molecule has 144 valence electrons. The van der Waals surface area contributed by atoms with Gasteiger partial charge in [-0.3, -0.25) is 0 Å². The number of phenols is 1. The third-order valence-corrected chi connectivity index (χ3v) is 4.41. The van der Waals surface area contributed by atoms with Crippen LogP contribution in [0.1, 0.15) is 42.1 Å². The Balaban J connectivity index is 2.35. The summed E-state index contributed by atoms with van der Waals surface area (Å²) in [6, 6.07) is 2.99. The van der Waals surface area contributed by atoms with Crippen LogP contribution in [-0.4, -0.2) is 57.9 Å². The van der Waals surface area contributed by atoms with E-state index in [4.69, 9.17) is 9.47 Å². The van der Waals surface area contributed by atoms with Crippen molar-refractivity contribution in [2.24, 2.45) is 0 Å². The quantitative estimate of drug-likeness (QED) is 0.437. The minimum atomic E-state index is -1.30. The summed E-state index contributed by atoms with van der Waals surface area (Å²) < 4.78 is 10.5. The van der Waals surface area contributed by atoms with Gasteiger partial charge in [0.1, 0.15) is 35.4 Å². The van der Waals surface area contributed by atoms with E-state index in [1.165, 1.54) is 19.3 Å². The average molecular weight is 366 g/mol. The molecule has 1 aliphatic heterocycles. The second-order valence-electron chi connectivity index (χ2n) is 6.50. The Kier molecular flexibility index (Phi) is 7.02. The molecule has 7 heteroatoms. The van der Waals surface area contributed by atoms with Crippen molar-refractivity contribution in [3.63, 3.8) is 0 Å². The highest BCUT2D eigenvalue weighted by Gasteiger charge is 2.25. The minimum absolute atomic E-state index is 0.0776. The molecule has 0 saturated carbocycles. The first-order chi connectivity index (χ1) is 12.3. The van der Waals surface area contributed by atoms with Crippen LogP contribution in [0.2, 0.25) is 0 Å². The fourth-order valence-corrected chi connectivity index (χ4v) is 2.92. The number of benzene rings is 1. The smallest absolute Gasteiger partial charge is 0.342 e. The maximum Gasteiger partial charge on any atom is 0.342 e. The molecule has 0 aromatic heterocycles. The summed E-state index contributed by atoms with van der Waals surface area (Å²) in [6.07, 6.45) is 0.176. The summed E-state index contributed by atoms with van der Waals surface area (Å²) in [6.45, 7) is 1.69. The van der Waals surface area contributed by atoms with Crippen LogP contribution in [0.4, 0.5) is 0 Å². The summed E-state index contributed by atoms with van der Waals surface area (Å²) >= 11 is 0. The molecule has 1 aliphatic rings. The summed E-state index contributed by atoms with van der Waals surface area (Å²) in [4.78, 5) is 12.5. The first-order valence-electron chi connectivity index (χ1n) is 8.65. The van der Waals surface area contributed by atoms with Crippen molar-refractivity contribution in [1.29, 1.82) is 0 Å². The predicted molar refractivity (Wildman–Crippen MR) is 94.3 cm³/mol. The van der Waals surface area contributed by atoms with Crippen LogP contribution in [-0.2, 0) is 11.2 Å². The zero-order valence-corrected chi connectivity index (χ0v) is 15.0. The molecular weight excluding hydrogens is 340 g/mol. The standard InChI is InChI=1S/C19H26O7/c1-11-5-3-7-14(20)18(23)15(21)8-4-6-12-9-13(25-2)10-16(22)17(12)19(24)26-11/h3,7,9-11,14-15,18,20-23H,4-6,8H2,1-2H3/b7-3-/t11-,14?,15?,18+/m0/s1. The number of aliphatic hydroxyl groups is 3. The van der Waals surface area contributed by atoms with Crippen LogP contribution in [0, 0.1) is 0 Å². The Morgan fingerprint density at radius 2 is 1.96 bits per heavy atom. The Bertz CT molecular complexity index is 656. The van der Waals surface area contributed by atoms with Crippen molar-refractivity contribution < 1.29 is 34.7 Å². The number of hydrogen-bond donors (Lipinski definition) is 4. The lowest BCUT2D eigenvalue weighted by Crippen LogP contribution is -2.36. The molecule has 26 heavy (non-hydrogen) atoms. The van der Waals surface area contributed by atoms with Gasteiger partial charge in [-0.25, -0.2) is 4.79 Å². The SMILES string of the molecule is COc1cc(O)c2c(c1)CCCC(O)[C@H](O)C(O)/C=C\C[C@H](C)OC2=O. The number of aryl methyl sites for hydroxylation is 1. The summed E-state index contributed by atoms with van der Waals surface area (Å²) in [5, 5.41) is 40.2. The highest BCUT2D eigenvalue weighted by atomic mass is 16.5. The van der Waals surface area contributed by atoms with Crippen molar-refractivity contribution in [3.05, 3.63) is 35.4 Å². The fourth-order valence-electron chi connectivity index (χ4n) is 2.92. The van der Waals surface area contributed by atoms with Crippen molar-refractivity contribution in [1.82, 2.24) is 0 Å². The van der Waals surface area contributed by atoms with Gasteiger partial charge in [-0.2, -0.15) is 0 Å². The van der Waals surface area contributed by atoms with E-state index in [9.17, 15) is 25.2 Å². The normalized spacial score (nSPS) is 29.2. The van der Waals surface area contributed by atoms with E-state index in [1.807, 2.05) is 0 Å². The lowest BCUT2D eigenvalue weighted by atomic mass is 9.96. The second-order valence-corrected chi connectivity index (χ2v) is 6.50. The van der Waals surface area contributed by atoms with Crippen molar-refractivity contribution >= 4 is 5.97 Å². The first-order valence-corrected chi connectivity index (χ1v) is 8.65.